The van der Waals surface area contributed by atoms with Gasteiger partial charge >= 0.3 is 5.97 Å². The zero-order valence-corrected chi connectivity index (χ0v) is 15.7. The second kappa shape index (κ2) is 7.82. The van der Waals surface area contributed by atoms with Gasteiger partial charge < -0.3 is 14.6 Å². The Kier molecular flexibility index (Phi) is 5.46. The highest BCUT2D eigenvalue weighted by Gasteiger charge is 2.51. The highest BCUT2D eigenvalue weighted by atomic mass is 16.5. The maximum atomic E-state index is 13.0. The van der Waals surface area contributed by atoms with E-state index in [1.807, 2.05) is 0 Å². The molecule has 1 atom stereocenters. The molecule has 28 heavy (non-hydrogen) atoms. The van der Waals surface area contributed by atoms with Gasteiger partial charge in [0.05, 0.1) is 31.4 Å². The van der Waals surface area contributed by atoms with Gasteiger partial charge in [-0.15, -0.1) is 0 Å². The van der Waals surface area contributed by atoms with Gasteiger partial charge in [-0.1, -0.05) is 30.3 Å². The van der Waals surface area contributed by atoms with Crippen LogP contribution in [0.25, 0.3) is 0 Å². The molecular formula is C21H21NO6. The van der Waals surface area contributed by atoms with E-state index in [0.717, 1.165) is 4.90 Å². The van der Waals surface area contributed by atoms with Gasteiger partial charge in [0.25, 0.3) is 5.91 Å². The molecule has 7 nitrogen and oxygen atoms in total. The molecule has 0 bridgehead atoms. The van der Waals surface area contributed by atoms with Crippen molar-refractivity contribution in [2.24, 2.45) is 0 Å². The SMILES string of the molecule is CCOC(=O)CN1C(=O)C(O)(CC(=O)c2ccccc2OC)c2ccccc21. The number of hydrogen-bond donors (Lipinski definition) is 1. The number of nitrogens with zero attached hydrogens (tertiary/aromatic N) is 1. The van der Waals surface area contributed by atoms with Crippen LogP contribution in [0, 0.1) is 0 Å². The average Bonchev–Trinajstić information content (AvgIpc) is 2.90. The Balaban J connectivity index is 1.95. The largest absolute Gasteiger partial charge is 0.496 e. The van der Waals surface area contributed by atoms with Crippen molar-refractivity contribution in [3.8, 4) is 5.75 Å². The number of ketones is 1. The summed E-state index contributed by atoms with van der Waals surface area (Å²) in [4.78, 5) is 39.0. The summed E-state index contributed by atoms with van der Waals surface area (Å²) in [5.41, 5.74) is -1.13. The summed E-state index contributed by atoms with van der Waals surface area (Å²) in [6.07, 6.45) is -0.470. The molecule has 0 radical (unpaired) electrons. The van der Waals surface area contributed by atoms with Crippen molar-refractivity contribution in [1.29, 1.82) is 0 Å². The summed E-state index contributed by atoms with van der Waals surface area (Å²) in [5, 5.41) is 11.2. The lowest BCUT2D eigenvalue weighted by molar-refractivity contribution is -0.144. The number of esters is 1. The molecule has 0 fully saturated rings. The first kappa shape index (κ1) is 19.6. The smallest absolute Gasteiger partial charge is 0.326 e. The molecule has 0 spiro atoms. The van der Waals surface area contributed by atoms with Crippen molar-refractivity contribution in [3.05, 3.63) is 59.7 Å². The number of carbonyl (C=O) groups excluding carboxylic acids is 3. The molecule has 0 saturated heterocycles. The van der Waals surface area contributed by atoms with E-state index in [1.54, 1.807) is 55.5 Å². The Bertz CT molecular complexity index is 925. The number of anilines is 1. The van der Waals surface area contributed by atoms with Crippen LogP contribution in [0.4, 0.5) is 5.69 Å². The molecule has 0 saturated carbocycles. The van der Waals surface area contributed by atoms with Crippen molar-refractivity contribution in [1.82, 2.24) is 0 Å². The Hall–Kier alpha value is -3.19. The second-order valence-electron chi connectivity index (χ2n) is 6.37. The van der Waals surface area contributed by atoms with Gasteiger partial charge in [-0.25, -0.2) is 0 Å². The maximum absolute atomic E-state index is 13.0. The van der Waals surface area contributed by atoms with E-state index in [-0.39, 0.29) is 24.3 Å². The lowest BCUT2D eigenvalue weighted by Gasteiger charge is -2.22. The third kappa shape index (κ3) is 3.36. The van der Waals surface area contributed by atoms with Crippen molar-refractivity contribution in [3.63, 3.8) is 0 Å². The number of benzene rings is 2. The van der Waals surface area contributed by atoms with Gasteiger partial charge in [0, 0.05) is 5.56 Å². The quantitative estimate of drug-likeness (QED) is 0.581. The van der Waals surface area contributed by atoms with Gasteiger partial charge in [0.1, 0.15) is 12.3 Å². The molecule has 2 aromatic carbocycles. The Morgan fingerprint density at radius 1 is 1.11 bits per heavy atom. The number of rotatable bonds is 7. The zero-order valence-electron chi connectivity index (χ0n) is 15.7. The fraction of sp³-hybridized carbons (Fsp3) is 0.286. The van der Waals surface area contributed by atoms with Crippen molar-refractivity contribution < 1.29 is 29.0 Å². The lowest BCUT2D eigenvalue weighted by Crippen LogP contribution is -2.44. The van der Waals surface area contributed by atoms with Crippen LogP contribution in [0.3, 0.4) is 0 Å². The van der Waals surface area contributed by atoms with Crippen LogP contribution in [0.2, 0.25) is 0 Å². The fourth-order valence-corrected chi connectivity index (χ4v) is 3.37. The molecule has 1 aliphatic rings. The maximum Gasteiger partial charge on any atom is 0.326 e. The molecule has 1 unspecified atom stereocenters. The van der Waals surface area contributed by atoms with Crippen LogP contribution >= 0.6 is 0 Å². The summed E-state index contributed by atoms with van der Waals surface area (Å²) in [7, 11) is 1.44. The van der Waals surface area contributed by atoms with Gasteiger partial charge in [-0.05, 0) is 25.1 Å². The van der Waals surface area contributed by atoms with Crippen LogP contribution in [0.1, 0.15) is 29.3 Å². The highest BCUT2D eigenvalue weighted by molar-refractivity contribution is 6.12. The van der Waals surface area contributed by atoms with E-state index in [1.165, 1.54) is 7.11 Å². The number of hydrogen-bond acceptors (Lipinski definition) is 6. The summed E-state index contributed by atoms with van der Waals surface area (Å²) in [6, 6.07) is 13.2. The van der Waals surface area contributed by atoms with Gasteiger partial charge in [0.2, 0.25) is 0 Å². The van der Waals surface area contributed by atoms with Gasteiger partial charge in [-0.3, -0.25) is 19.3 Å². The second-order valence-corrected chi connectivity index (χ2v) is 6.37. The number of methoxy groups -OCH3 is 1. The average molecular weight is 383 g/mol. The third-order valence-electron chi connectivity index (χ3n) is 4.66. The molecule has 1 heterocycles. The number of aliphatic hydroxyl groups is 1. The normalized spacial score (nSPS) is 18.0. The van der Waals surface area contributed by atoms with Crippen LogP contribution in [-0.4, -0.2) is 43.0 Å². The highest BCUT2D eigenvalue weighted by Crippen LogP contribution is 2.43. The predicted molar refractivity (Wildman–Crippen MR) is 101 cm³/mol. The van der Waals surface area contributed by atoms with E-state index in [2.05, 4.69) is 0 Å². The number of carbonyl (C=O) groups is 3. The molecule has 146 valence electrons. The Labute approximate surface area is 162 Å². The zero-order chi connectivity index (χ0) is 20.3. The monoisotopic (exact) mass is 383 g/mol. The van der Waals surface area contributed by atoms with Crippen molar-refractivity contribution in [2.75, 3.05) is 25.2 Å². The minimum Gasteiger partial charge on any atom is -0.496 e. The topological polar surface area (TPSA) is 93.1 Å². The van der Waals surface area contributed by atoms with E-state index in [4.69, 9.17) is 9.47 Å². The lowest BCUT2D eigenvalue weighted by atomic mass is 9.88. The number of ether oxygens (including phenoxy) is 2. The summed E-state index contributed by atoms with van der Waals surface area (Å²) in [5.74, 6) is -1.41. The molecule has 0 aromatic heterocycles. The number of para-hydroxylation sites is 2. The molecular weight excluding hydrogens is 362 g/mol. The van der Waals surface area contributed by atoms with Crippen molar-refractivity contribution >= 4 is 23.3 Å². The number of Topliss-reactive ketones (excluding diaryl/α,β-unsaturated/α-hetero) is 1. The molecule has 0 aliphatic carbocycles. The first-order valence-electron chi connectivity index (χ1n) is 8.88. The van der Waals surface area contributed by atoms with Crippen LogP contribution < -0.4 is 9.64 Å². The summed E-state index contributed by atoms with van der Waals surface area (Å²) in [6.45, 7) is 1.51. The number of amides is 1. The summed E-state index contributed by atoms with van der Waals surface area (Å²) >= 11 is 0. The van der Waals surface area contributed by atoms with Gasteiger partial charge in [-0.2, -0.15) is 0 Å². The van der Waals surface area contributed by atoms with Gasteiger partial charge in [0.15, 0.2) is 11.4 Å². The summed E-state index contributed by atoms with van der Waals surface area (Å²) < 4.78 is 10.1. The minimum atomic E-state index is -2.07. The Morgan fingerprint density at radius 2 is 1.79 bits per heavy atom. The first-order chi connectivity index (χ1) is 13.4. The van der Waals surface area contributed by atoms with E-state index >= 15 is 0 Å². The van der Waals surface area contributed by atoms with Crippen LogP contribution in [0.5, 0.6) is 5.75 Å². The number of fused-ring (bicyclic) bond motifs is 1. The van der Waals surface area contributed by atoms with Crippen molar-refractivity contribution in [2.45, 2.75) is 18.9 Å². The van der Waals surface area contributed by atoms with E-state index in [9.17, 15) is 19.5 Å². The standard InChI is InChI=1S/C21H21NO6/c1-3-28-19(24)13-22-16-10-6-5-9-15(16)21(26,20(22)25)12-17(23)14-8-4-7-11-18(14)27-2/h4-11,26H,3,12-13H2,1-2H3. The van der Waals surface area contributed by atoms with Crippen LogP contribution in [0.15, 0.2) is 48.5 Å². The third-order valence-corrected chi connectivity index (χ3v) is 4.66. The molecule has 7 heteroatoms. The molecule has 1 N–H and O–H groups in total. The molecule has 2 aromatic rings. The molecule has 1 aliphatic heterocycles. The fourth-order valence-electron chi connectivity index (χ4n) is 3.37. The van der Waals surface area contributed by atoms with E-state index in [0.29, 0.717) is 11.4 Å². The predicted octanol–water partition coefficient (Wildman–Crippen LogP) is 2.07. The van der Waals surface area contributed by atoms with E-state index < -0.39 is 29.7 Å². The first-order valence-corrected chi connectivity index (χ1v) is 8.88. The Morgan fingerprint density at radius 3 is 2.50 bits per heavy atom. The molecule has 3 rings (SSSR count). The minimum absolute atomic E-state index is 0.180. The molecule has 1 amide bonds. The van der Waals surface area contributed by atoms with Crippen LogP contribution in [-0.2, 0) is 19.9 Å².